The zero-order valence-corrected chi connectivity index (χ0v) is 14.9. The summed E-state index contributed by atoms with van der Waals surface area (Å²) in [6.45, 7) is 2.52. The van der Waals surface area contributed by atoms with Gasteiger partial charge in [-0.05, 0) is 30.1 Å². The summed E-state index contributed by atoms with van der Waals surface area (Å²) in [7, 11) is 0. The number of piperazine rings is 1. The summed E-state index contributed by atoms with van der Waals surface area (Å²) in [5.74, 6) is 0.492. The number of benzene rings is 1. The third-order valence-corrected chi connectivity index (χ3v) is 5.58. The molecule has 1 atom stereocenters. The smallest absolute Gasteiger partial charge is 0.322 e. The third-order valence-electron chi connectivity index (χ3n) is 4.77. The normalized spacial score (nSPS) is 21.3. The van der Waals surface area contributed by atoms with Crippen LogP contribution in [0.3, 0.4) is 0 Å². The molecule has 2 aliphatic heterocycles. The first kappa shape index (κ1) is 16.8. The van der Waals surface area contributed by atoms with Gasteiger partial charge in [-0.3, -0.25) is 14.9 Å². The molecule has 2 saturated heterocycles. The number of carbonyl (C=O) groups excluding carboxylic acids is 3. The Hall–Kier alpha value is -2.68. The minimum atomic E-state index is -0.645. The van der Waals surface area contributed by atoms with Crippen LogP contribution >= 0.6 is 11.5 Å². The summed E-state index contributed by atoms with van der Waals surface area (Å²) in [6, 6.07) is 6.88. The molecule has 9 heteroatoms. The van der Waals surface area contributed by atoms with Crippen LogP contribution in [0.25, 0.3) is 10.1 Å². The van der Waals surface area contributed by atoms with Gasteiger partial charge in [0.2, 0.25) is 11.8 Å². The molecule has 0 saturated carbocycles. The fraction of sp³-hybridized carbons (Fsp3) is 0.412. The van der Waals surface area contributed by atoms with E-state index in [9.17, 15) is 14.4 Å². The van der Waals surface area contributed by atoms with Crippen LogP contribution in [0.15, 0.2) is 24.3 Å². The zero-order chi connectivity index (χ0) is 18.1. The van der Waals surface area contributed by atoms with Gasteiger partial charge < -0.3 is 15.1 Å². The second kappa shape index (κ2) is 6.91. The number of rotatable bonds is 2. The highest BCUT2D eigenvalue weighted by molar-refractivity contribution is 7.13. The van der Waals surface area contributed by atoms with Crippen LogP contribution in [-0.2, 0) is 9.59 Å². The quantitative estimate of drug-likeness (QED) is 0.817. The lowest BCUT2D eigenvalue weighted by molar-refractivity contribution is -0.133. The summed E-state index contributed by atoms with van der Waals surface area (Å²) in [5.41, 5.74) is 0. The number of hydrogen-bond acceptors (Lipinski definition) is 6. The molecule has 4 rings (SSSR count). The van der Waals surface area contributed by atoms with Crippen molar-refractivity contribution in [2.75, 3.05) is 31.1 Å². The molecule has 0 radical (unpaired) electrons. The summed E-state index contributed by atoms with van der Waals surface area (Å²) >= 11 is 1.48. The fourth-order valence-electron chi connectivity index (χ4n) is 3.38. The third kappa shape index (κ3) is 3.22. The molecular formula is C17H19N5O3S. The van der Waals surface area contributed by atoms with Crippen molar-refractivity contribution >= 4 is 45.3 Å². The van der Waals surface area contributed by atoms with Crippen molar-refractivity contribution in [2.24, 2.45) is 0 Å². The second-order valence-electron chi connectivity index (χ2n) is 6.43. The van der Waals surface area contributed by atoms with Gasteiger partial charge in [0.1, 0.15) is 11.9 Å². The van der Waals surface area contributed by atoms with Crippen molar-refractivity contribution in [3.63, 3.8) is 0 Å². The minimum absolute atomic E-state index is 0.127. The molecule has 2 fully saturated rings. The van der Waals surface area contributed by atoms with Crippen molar-refractivity contribution < 1.29 is 14.4 Å². The molecule has 2 aliphatic rings. The van der Waals surface area contributed by atoms with Gasteiger partial charge >= 0.3 is 6.03 Å². The van der Waals surface area contributed by atoms with Crippen LogP contribution < -0.4 is 15.5 Å². The molecule has 0 spiro atoms. The number of imide groups is 1. The van der Waals surface area contributed by atoms with Gasteiger partial charge in [0.25, 0.3) is 0 Å². The Kier molecular flexibility index (Phi) is 4.46. The minimum Gasteiger partial charge on any atom is -0.352 e. The maximum absolute atomic E-state index is 12.7. The average molecular weight is 373 g/mol. The lowest BCUT2D eigenvalue weighted by Crippen LogP contribution is -2.55. The number of fused-ring (bicyclic) bond motifs is 1. The first-order valence-electron chi connectivity index (χ1n) is 8.60. The largest absolute Gasteiger partial charge is 0.352 e. The molecule has 26 heavy (non-hydrogen) atoms. The number of anilines is 1. The van der Waals surface area contributed by atoms with Crippen LogP contribution in [0, 0.1) is 0 Å². The van der Waals surface area contributed by atoms with Crippen molar-refractivity contribution in [3.05, 3.63) is 24.3 Å². The highest BCUT2D eigenvalue weighted by Crippen LogP contribution is 2.29. The highest BCUT2D eigenvalue weighted by atomic mass is 32.1. The van der Waals surface area contributed by atoms with Gasteiger partial charge in [-0.2, -0.15) is 4.37 Å². The molecule has 8 nitrogen and oxygen atoms in total. The lowest BCUT2D eigenvalue weighted by Gasteiger charge is -2.36. The van der Waals surface area contributed by atoms with Crippen LogP contribution in [0.4, 0.5) is 10.6 Å². The van der Waals surface area contributed by atoms with E-state index in [4.69, 9.17) is 0 Å². The Morgan fingerprint density at radius 2 is 1.92 bits per heavy atom. The molecule has 2 N–H and O–H groups in total. The van der Waals surface area contributed by atoms with Gasteiger partial charge in [0.15, 0.2) is 0 Å². The van der Waals surface area contributed by atoms with E-state index in [2.05, 4.69) is 32.0 Å². The molecule has 1 aromatic heterocycles. The molecule has 136 valence electrons. The van der Waals surface area contributed by atoms with Crippen molar-refractivity contribution in [3.8, 4) is 0 Å². The van der Waals surface area contributed by atoms with Gasteiger partial charge in [0, 0.05) is 38.0 Å². The van der Waals surface area contributed by atoms with Gasteiger partial charge in [-0.15, -0.1) is 0 Å². The number of hydrogen-bond donors (Lipinski definition) is 2. The van der Waals surface area contributed by atoms with E-state index in [-0.39, 0.29) is 18.2 Å². The number of amides is 4. The second-order valence-corrected chi connectivity index (χ2v) is 7.23. The average Bonchev–Trinajstić information content (AvgIpc) is 3.00. The molecule has 1 unspecified atom stereocenters. The summed E-state index contributed by atoms with van der Waals surface area (Å²) in [6.07, 6.45) is 0.493. The fourth-order valence-corrected chi connectivity index (χ4v) is 4.17. The Balaban J connectivity index is 1.41. The number of carbonyl (C=O) groups is 3. The Bertz CT molecular complexity index is 859. The van der Waals surface area contributed by atoms with E-state index in [1.165, 1.54) is 11.5 Å². The summed E-state index contributed by atoms with van der Waals surface area (Å²) < 4.78 is 5.72. The summed E-state index contributed by atoms with van der Waals surface area (Å²) in [5, 5.41) is 5.92. The monoisotopic (exact) mass is 373 g/mol. The van der Waals surface area contributed by atoms with E-state index >= 15 is 0 Å². The van der Waals surface area contributed by atoms with Crippen molar-refractivity contribution in [1.29, 1.82) is 0 Å². The van der Waals surface area contributed by atoms with Crippen molar-refractivity contribution in [2.45, 2.75) is 18.9 Å². The summed E-state index contributed by atoms with van der Waals surface area (Å²) in [4.78, 5) is 39.7. The molecule has 0 aliphatic carbocycles. The van der Waals surface area contributed by atoms with Gasteiger partial charge in [0.05, 0.1) is 4.70 Å². The van der Waals surface area contributed by atoms with E-state index in [0.717, 1.165) is 15.9 Å². The zero-order valence-electron chi connectivity index (χ0n) is 14.1. The van der Waals surface area contributed by atoms with Crippen LogP contribution in [-0.4, -0.2) is 59.3 Å². The molecule has 4 amide bonds. The van der Waals surface area contributed by atoms with Crippen LogP contribution in [0.5, 0.6) is 0 Å². The van der Waals surface area contributed by atoms with Crippen LogP contribution in [0.1, 0.15) is 12.8 Å². The number of aromatic nitrogens is 1. The first-order valence-corrected chi connectivity index (χ1v) is 9.37. The predicted octanol–water partition coefficient (Wildman–Crippen LogP) is 0.933. The molecule has 3 heterocycles. The van der Waals surface area contributed by atoms with Gasteiger partial charge in [-0.1, -0.05) is 12.1 Å². The Morgan fingerprint density at radius 3 is 2.73 bits per heavy atom. The van der Waals surface area contributed by atoms with E-state index in [1.54, 1.807) is 4.90 Å². The molecule has 1 aromatic carbocycles. The molecule has 2 aromatic rings. The Morgan fingerprint density at radius 1 is 1.15 bits per heavy atom. The predicted molar refractivity (Wildman–Crippen MR) is 98.1 cm³/mol. The first-order chi connectivity index (χ1) is 12.6. The van der Waals surface area contributed by atoms with E-state index in [0.29, 0.717) is 32.6 Å². The maximum atomic E-state index is 12.7. The number of nitrogens with zero attached hydrogens (tertiary/aromatic N) is 3. The standard InChI is InChI=1S/C17H19N5O3S/c23-14-6-5-12(18-17(25)19-14)16(24)22-9-7-21(8-10-22)15-11-3-1-2-4-13(11)26-20-15/h1-4,12H,5-10H2,(H2,18,19,23,25). The van der Waals surface area contributed by atoms with E-state index in [1.807, 2.05) is 12.1 Å². The SMILES string of the molecule is O=C1CCC(C(=O)N2CCN(c3nsc4ccccc34)CC2)NC(=O)N1. The molecule has 0 bridgehead atoms. The molecular weight excluding hydrogens is 354 g/mol. The topological polar surface area (TPSA) is 94.6 Å². The van der Waals surface area contributed by atoms with Crippen LogP contribution in [0.2, 0.25) is 0 Å². The number of nitrogens with one attached hydrogen (secondary N) is 2. The van der Waals surface area contributed by atoms with Gasteiger partial charge in [-0.25, -0.2) is 4.79 Å². The lowest BCUT2D eigenvalue weighted by atomic mass is 10.1. The Labute approximate surface area is 154 Å². The number of urea groups is 1. The van der Waals surface area contributed by atoms with Crippen molar-refractivity contribution in [1.82, 2.24) is 19.9 Å². The van der Waals surface area contributed by atoms with E-state index < -0.39 is 12.1 Å². The highest BCUT2D eigenvalue weighted by Gasteiger charge is 2.31. The maximum Gasteiger partial charge on any atom is 0.322 e.